The van der Waals surface area contributed by atoms with E-state index in [4.69, 9.17) is 9.47 Å². The summed E-state index contributed by atoms with van der Waals surface area (Å²) in [6, 6.07) is 0.230. The molecule has 1 unspecified atom stereocenters. The first kappa shape index (κ1) is 25.4. The summed E-state index contributed by atoms with van der Waals surface area (Å²) in [6.07, 6.45) is 2.20. The Bertz CT molecular complexity index is 422. The SMILES string of the molecule is COC(C)(C)CCOC(C)(C)CC(=O)N(CC(C)C)C(C)CC(C)(C)C. The van der Waals surface area contributed by atoms with Crippen molar-refractivity contribution in [1.82, 2.24) is 4.90 Å². The zero-order valence-electron chi connectivity index (χ0n) is 19.4. The zero-order chi connectivity index (χ0) is 20.8. The van der Waals surface area contributed by atoms with E-state index in [1.54, 1.807) is 7.11 Å². The lowest BCUT2D eigenvalue weighted by atomic mass is 9.87. The smallest absolute Gasteiger partial charge is 0.225 e. The minimum Gasteiger partial charge on any atom is -0.379 e. The van der Waals surface area contributed by atoms with Crippen LogP contribution in [0.25, 0.3) is 0 Å². The first-order chi connectivity index (χ1) is 11.6. The number of carbonyl (C=O) groups is 1. The van der Waals surface area contributed by atoms with Gasteiger partial charge in [0.25, 0.3) is 0 Å². The Balaban J connectivity index is 4.89. The van der Waals surface area contributed by atoms with Gasteiger partial charge in [0.1, 0.15) is 0 Å². The van der Waals surface area contributed by atoms with Gasteiger partial charge in [0.05, 0.1) is 24.2 Å². The molecule has 0 aliphatic rings. The Morgan fingerprint density at radius 3 is 1.92 bits per heavy atom. The molecule has 1 amide bonds. The van der Waals surface area contributed by atoms with Crippen LogP contribution in [-0.2, 0) is 14.3 Å². The molecular weight excluding hydrogens is 326 g/mol. The molecule has 0 N–H and O–H groups in total. The van der Waals surface area contributed by atoms with Crippen molar-refractivity contribution in [3.8, 4) is 0 Å². The fourth-order valence-electron chi connectivity index (χ4n) is 3.11. The molecule has 0 heterocycles. The molecule has 0 bridgehead atoms. The van der Waals surface area contributed by atoms with E-state index in [9.17, 15) is 4.79 Å². The molecule has 0 saturated carbocycles. The molecule has 0 saturated heterocycles. The largest absolute Gasteiger partial charge is 0.379 e. The Morgan fingerprint density at radius 1 is 0.962 bits per heavy atom. The molecule has 0 radical (unpaired) electrons. The van der Waals surface area contributed by atoms with Gasteiger partial charge in [-0.15, -0.1) is 0 Å². The average Bonchev–Trinajstić information content (AvgIpc) is 2.41. The van der Waals surface area contributed by atoms with Crippen molar-refractivity contribution in [1.29, 1.82) is 0 Å². The molecule has 4 nitrogen and oxygen atoms in total. The third-order valence-corrected chi connectivity index (χ3v) is 4.65. The van der Waals surface area contributed by atoms with Crippen LogP contribution in [0.4, 0.5) is 0 Å². The highest BCUT2D eigenvalue weighted by atomic mass is 16.5. The highest BCUT2D eigenvalue weighted by Gasteiger charge is 2.31. The maximum atomic E-state index is 13.1. The average molecular weight is 372 g/mol. The number of ether oxygens (including phenoxy) is 2. The van der Waals surface area contributed by atoms with Crippen LogP contribution in [0.15, 0.2) is 0 Å². The van der Waals surface area contributed by atoms with Gasteiger partial charge >= 0.3 is 0 Å². The van der Waals surface area contributed by atoms with Crippen molar-refractivity contribution in [3.63, 3.8) is 0 Å². The van der Waals surface area contributed by atoms with Crippen LogP contribution in [0.5, 0.6) is 0 Å². The van der Waals surface area contributed by atoms with Gasteiger partial charge in [-0.25, -0.2) is 0 Å². The number of rotatable bonds is 11. The molecule has 0 aromatic rings. The van der Waals surface area contributed by atoms with E-state index >= 15 is 0 Å². The number of nitrogens with zero attached hydrogens (tertiary/aromatic N) is 1. The van der Waals surface area contributed by atoms with E-state index in [0.717, 1.165) is 19.4 Å². The van der Waals surface area contributed by atoms with E-state index in [0.29, 0.717) is 18.9 Å². The van der Waals surface area contributed by atoms with E-state index in [1.165, 1.54) is 0 Å². The van der Waals surface area contributed by atoms with Gasteiger partial charge in [0.15, 0.2) is 0 Å². The second-order valence-electron chi connectivity index (χ2n) is 10.6. The Hall–Kier alpha value is -0.610. The predicted octanol–water partition coefficient (Wildman–Crippen LogP) is 5.30. The molecule has 0 aromatic carbocycles. The maximum Gasteiger partial charge on any atom is 0.225 e. The van der Waals surface area contributed by atoms with Crippen LogP contribution in [0.2, 0.25) is 0 Å². The topological polar surface area (TPSA) is 38.8 Å². The molecule has 0 aliphatic carbocycles. The molecular formula is C22H45NO3. The van der Waals surface area contributed by atoms with Crippen molar-refractivity contribution >= 4 is 5.91 Å². The maximum absolute atomic E-state index is 13.1. The summed E-state index contributed by atoms with van der Waals surface area (Å²) < 4.78 is 11.5. The number of amides is 1. The van der Waals surface area contributed by atoms with Crippen molar-refractivity contribution < 1.29 is 14.3 Å². The van der Waals surface area contributed by atoms with Crippen LogP contribution in [0.3, 0.4) is 0 Å². The summed E-state index contributed by atoms with van der Waals surface area (Å²) in [5, 5.41) is 0. The van der Waals surface area contributed by atoms with Gasteiger partial charge in [-0.05, 0) is 58.8 Å². The van der Waals surface area contributed by atoms with Crippen LogP contribution < -0.4 is 0 Å². The van der Waals surface area contributed by atoms with E-state index in [1.807, 2.05) is 27.7 Å². The Labute approximate surface area is 163 Å². The lowest BCUT2D eigenvalue weighted by molar-refractivity contribution is -0.141. The first-order valence-corrected chi connectivity index (χ1v) is 10.1. The van der Waals surface area contributed by atoms with E-state index in [2.05, 4.69) is 46.4 Å². The predicted molar refractivity (Wildman–Crippen MR) is 110 cm³/mol. The monoisotopic (exact) mass is 371 g/mol. The van der Waals surface area contributed by atoms with E-state index in [-0.39, 0.29) is 23.0 Å². The molecule has 0 rings (SSSR count). The third-order valence-electron chi connectivity index (χ3n) is 4.65. The van der Waals surface area contributed by atoms with Gasteiger partial charge in [-0.2, -0.15) is 0 Å². The van der Waals surface area contributed by atoms with Gasteiger partial charge < -0.3 is 14.4 Å². The number of hydrogen-bond donors (Lipinski definition) is 0. The molecule has 0 fully saturated rings. The highest BCUT2D eigenvalue weighted by Crippen LogP contribution is 2.26. The van der Waals surface area contributed by atoms with Crippen molar-refractivity contribution in [3.05, 3.63) is 0 Å². The van der Waals surface area contributed by atoms with Crippen molar-refractivity contribution in [2.45, 2.75) is 106 Å². The summed E-state index contributed by atoms with van der Waals surface area (Å²) in [5.74, 6) is 0.638. The number of carbonyl (C=O) groups excluding carboxylic acids is 1. The van der Waals surface area contributed by atoms with Gasteiger partial charge in [0.2, 0.25) is 5.91 Å². The fourth-order valence-corrected chi connectivity index (χ4v) is 3.11. The number of hydrogen-bond acceptors (Lipinski definition) is 3. The minimum absolute atomic E-state index is 0.187. The van der Waals surface area contributed by atoms with Crippen LogP contribution >= 0.6 is 0 Å². The number of methoxy groups -OCH3 is 1. The molecule has 1 atom stereocenters. The summed E-state index contributed by atoms with van der Waals surface area (Å²) >= 11 is 0. The van der Waals surface area contributed by atoms with Gasteiger partial charge in [-0.3, -0.25) is 4.79 Å². The molecule has 156 valence electrons. The molecule has 0 spiro atoms. The second-order valence-corrected chi connectivity index (χ2v) is 10.6. The standard InChI is InChI=1S/C22H45NO3/c1-17(2)16-23(18(3)14-20(4,5)6)19(24)15-22(9,10)26-13-12-21(7,8)25-11/h17-18H,12-16H2,1-11H3. The second kappa shape index (κ2) is 10.1. The summed E-state index contributed by atoms with van der Waals surface area (Å²) in [5.41, 5.74) is -0.477. The lowest BCUT2D eigenvalue weighted by Gasteiger charge is -2.37. The molecule has 26 heavy (non-hydrogen) atoms. The summed E-state index contributed by atoms with van der Waals surface area (Å²) in [7, 11) is 1.72. The zero-order valence-corrected chi connectivity index (χ0v) is 19.4. The fraction of sp³-hybridized carbons (Fsp3) is 0.955. The lowest BCUT2D eigenvalue weighted by Crippen LogP contribution is -2.45. The normalized spacial score (nSPS) is 14.6. The quantitative estimate of drug-likeness (QED) is 0.495. The highest BCUT2D eigenvalue weighted by molar-refractivity contribution is 5.77. The van der Waals surface area contributed by atoms with Crippen molar-refractivity contribution in [2.24, 2.45) is 11.3 Å². The summed E-state index contributed by atoms with van der Waals surface area (Å²) in [6.45, 7) is 22.7. The molecule has 4 heteroatoms. The first-order valence-electron chi connectivity index (χ1n) is 10.1. The molecule has 0 aromatic heterocycles. The van der Waals surface area contributed by atoms with Gasteiger partial charge in [0, 0.05) is 19.7 Å². The van der Waals surface area contributed by atoms with Crippen LogP contribution in [0.1, 0.15) is 88.5 Å². The Morgan fingerprint density at radius 2 is 1.50 bits per heavy atom. The third kappa shape index (κ3) is 11.2. The molecule has 0 aliphatic heterocycles. The van der Waals surface area contributed by atoms with E-state index < -0.39 is 5.60 Å². The van der Waals surface area contributed by atoms with Crippen molar-refractivity contribution in [2.75, 3.05) is 20.3 Å². The Kier molecular flexibility index (Phi) is 9.84. The summed E-state index contributed by atoms with van der Waals surface area (Å²) in [4.78, 5) is 15.1. The van der Waals surface area contributed by atoms with Crippen LogP contribution in [-0.4, -0.2) is 48.3 Å². The minimum atomic E-state index is -0.475. The van der Waals surface area contributed by atoms with Crippen LogP contribution in [0, 0.1) is 11.3 Å². The van der Waals surface area contributed by atoms with Gasteiger partial charge in [-0.1, -0.05) is 34.6 Å².